The van der Waals surface area contributed by atoms with Gasteiger partial charge in [-0.1, -0.05) is 70.2 Å². The van der Waals surface area contributed by atoms with E-state index in [1.807, 2.05) is 30.3 Å². The van der Waals surface area contributed by atoms with Gasteiger partial charge in [-0.3, -0.25) is 0 Å². The van der Waals surface area contributed by atoms with Crippen LogP contribution in [0.1, 0.15) is 63.9 Å². The second-order valence-electron chi connectivity index (χ2n) is 6.48. The number of benzene rings is 2. The van der Waals surface area contributed by atoms with E-state index in [0.717, 1.165) is 22.9 Å². The van der Waals surface area contributed by atoms with Crippen LogP contribution in [0.5, 0.6) is 11.5 Å². The summed E-state index contributed by atoms with van der Waals surface area (Å²) in [5, 5.41) is 4.86. The molecule has 0 saturated heterocycles. The van der Waals surface area contributed by atoms with Gasteiger partial charge in [0.2, 0.25) is 0 Å². The van der Waals surface area contributed by atoms with Crippen LogP contribution in [0.4, 0.5) is 11.4 Å². The number of hydrogen-bond donors (Lipinski definition) is 0. The number of nitrogens with zero attached hydrogens (tertiary/aromatic N) is 1. The maximum absolute atomic E-state index is 6.03. The molecule has 1 aliphatic rings. The molecule has 0 aliphatic carbocycles. The number of hydrogen-bond acceptors (Lipinski definition) is 1. The van der Waals surface area contributed by atoms with Crippen molar-refractivity contribution in [3.8, 4) is 11.5 Å². The molecule has 2 nitrogen and oxygen atoms in total. The monoisotopic (exact) mass is 308 g/mol. The molecule has 1 atom stereocenters. The molecule has 2 aromatic carbocycles. The number of rotatable bonds is 7. The zero-order valence-electron chi connectivity index (χ0n) is 14.2. The van der Waals surface area contributed by atoms with Gasteiger partial charge >= 0.3 is 0 Å². The highest BCUT2D eigenvalue weighted by Crippen LogP contribution is 2.45. The summed E-state index contributed by atoms with van der Waals surface area (Å²) in [7, 11) is 0. The quantitative estimate of drug-likeness (QED) is 0.439. The first-order valence-corrected chi connectivity index (χ1v) is 8.91. The lowest BCUT2D eigenvalue weighted by Crippen LogP contribution is -2.06. The minimum absolute atomic E-state index is 0.518. The highest BCUT2D eigenvalue weighted by molar-refractivity contribution is 5.70. The fourth-order valence-electron chi connectivity index (χ4n) is 3.22. The maximum Gasteiger partial charge on any atom is 0.153 e. The van der Waals surface area contributed by atoms with Gasteiger partial charge in [-0.15, -0.1) is 0 Å². The lowest BCUT2D eigenvalue weighted by atomic mass is 9.92. The van der Waals surface area contributed by atoms with Gasteiger partial charge in [0.15, 0.2) is 11.5 Å². The van der Waals surface area contributed by atoms with Gasteiger partial charge in [0, 0.05) is 0 Å². The number of ether oxygens (including phenoxy) is 1. The average molecular weight is 308 g/mol. The second-order valence-corrected chi connectivity index (χ2v) is 6.48. The summed E-state index contributed by atoms with van der Waals surface area (Å²) >= 11 is 0. The van der Waals surface area contributed by atoms with Crippen LogP contribution in [0.25, 0.3) is 0 Å². The maximum atomic E-state index is 6.03. The summed E-state index contributed by atoms with van der Waals surface area (Å²) in [4.78, 5) is 0. The molecule has 0 spiro atoms. The number of para-hydroxylation sites is 3. The van der Waals surface area contributed by atoms with Gasteiger partial charge in [0.05, 0.1) is 0 Å². The molecule has 23 heavy (non-hydrogen) atoms. The van der Waals surface area contributed by atoms with Gasteiger partial charge in [-0.25, -0.2) is 5.32 Å². The summed E-state index contributed by atoms with van der Waals surface area (Å²) < 4.78 is 6.03. The molecular weight excluding hydrogens is 282 g/mol. The molecule has 1 radical (unpaired) electrons. The summed E-state index contributed by atoms with van der Waals surface area (Å²) in [6.07, 6.45) is 7.87. The highest BCUT2D eigenvalue weighted by Gasteiger charge is 2.22. The molecule has 0 fully saturated rings. The predicted molar refractivity (Wildman–Crippen MR) is 96.2 cm³/mol. The van der Waals surface area contributed by atoms with E-state index in [4.69, 9.17) is 10.1 Å². The summed E-state index contributed by atoms with van der Waals surface area (Å²) in [6, 6.07) is 14.3. The van der Waals surface area contributed by atoms with E-state index in [9.17, 15) is 0 Å². The van der Waals surface area contributed by atoms with E-state index < -0.39 is 0 Å². The molecule has 3 rings (SSSR count). The molecule has 0 aromatic heterocycles. The lowest BCUT2D eigenvalue weighted by Gasteiger charge is -2.24. The standard InChI is InChI=1S/C21H26NO/c1-3-4-5-6-7-11-16(2)17-12-10-15-20-21(17)22-18-13-8-9-14-19(18)23-20/h8-10,12-16H,3-7,11H2,1-2H3. The first kappa shape index (κ1) is 15.9. The molecular formula is C21H26NO. The van der Waals surface area contributed by atoms with Crippen LogP contribution in [-0.4, -0.2) is 0 Å². The minimum Gasteiger partial charge on any atom is -0.453 e. The fraction of sp³-hybridized carbons (Fsp3) is 0.429. The Kier molecular flexibility index (Phi) is 5.22. The molecule has 0 saturated carbocycles. The first-order chi connectivity index (χ1) is 11.3. The van der Waals surface area contributed by atoms with Gasteiger partial charge < -0.3 is 4.74 Å². The van der Waals surface area contributed by atoms with E-state index in [-0.39, 0.29) is 0 Å². The van der Waals surface area contributed by atoms with Crippen molar-refractivity contribution in [2.45, 2.75) is 58.3 Å². The van der Waals surface area contributed by atoms with E-state index in [0.29, 0.717) is 5.92 Å². The van der Waals surface area contributed by atoms with Crippen LogP contribution in [0.2, 0.25) is 0 Å². The Labute approximate surface area is 139 Å². The fourth-order valence-corrected chi connectivity index (χ4v) is 3.22. The van der Waals surface area contributed by atoms with Crippen LogP contribution in [0.15, 0.2) is 42.5 Å². The Balaban J connectivity index is 1.70. The molecule has 2 heteroatoms. The van der Waals surface area contributed by atoms with Crippen LogP contribution >= 0.6 is 0 Å². The molecule has 0 amide bonds. The van der Waals surface area contributed by atoms with Crippen molar-refractivity contribution in [2.24, 2.45) is 0 Å². The third-order valence-electron chi connectivity index (χ3n) is 4.62. The van der Waals surface area contributed by atoms with Gasteiger partial charge in [0.25, 0.3) is 0 Å². The summed E-state index contributed by atoms with van der Waals surface area (Å²) in [5.74, 6) is 2.26. The van der Waals surface area contributed by atoms with Gasteiger partial charge in [0.1, 0.15) is 11.4 Å². The van der Waals surface area contributed by atoms with Gasteiger partial charge in [-0.05, 0) is 36.1 Å². The number of unbranched alkanes of at least 4 members (excludes halogenated alkanes) is 4. The first-order valence-electron chi connectivity index (χ1n) is 8.91. The predicted octanol–water partition coefficient (Wildman–Crippen LogP) is 6.82. The highest BCUT2D eigenvalue weighted by atomic mass is 16.5. The number of fused-ring (bicyclic) bond motifs is 2. The second kappa shape index (κ2) is 7.54. The summed E-state index contributed by atoms with van der Waals surface area (Å²) in [6.45, 7) is 4.57. The van der Waals surface area contributed by atoms with E-state index in [2.05, 4.69) is 26.0 Å². The van der Waals surface area contributed by atoms with Crippen LogP contribution in [0, 0.1) is 0 Å². The van der Waals surface area contributed by atoms with Crippen LogP contribution in [0.3, 0.4) is 0 Å². The Bertz CT molecular complexity index is 650. The van der Waals surface area contributed by atoms with Crippen molar-refractivity contribution in [2.75, 3.05) is 0 Å². The molecule has 1 unspecified atom stereocenters. The largest absolute Gasteiger partial charge is 0.453 e. The zero-order chi connectivity index (χ0) is 16.1. The SMILES string of the molecule is CCCCCCCC(C)c1cccc2c1[N]c1ccccc1O2. The molecule has 1 heterocycles. The van der Waals surface area contributed by atoms with Crippen molar-refractivity contribution >= 4 is 11.4 Å². The Morgan fingerprint density at radius 3 is 2.57 bits per heavy atom. The smallest absolute Gasteiger partial charge is 0.153 e. The Hall–Kier alpha value is -1.96. The summed E-state index contributed by atoms with van der Waals surface area (Å²) in [5.41, 5.74) is 3.27. The van der Waals surface area contributed by atoms with Crippen molar-refractivity contribution < 1.29 is 4.74 Å². The molecule has 0 N–H and O–H groups in total. The van der Waals surface area contributed by atoms with Crippen LogP contribution < -0.4 is 10.1 Å². The van der Waals surface area contributed by atoms with E-state index >= 15 is 0 Å². The lowest BCUT2D eigenvalue weighted by molar-refractivity contribution is 0.468. The van der Waals surface area contributed by atoms with E-state index in [1.165, 1.54) is 44.1 Å². The Morgan fingerprint density at radius 2 is 1.70 bits per heavy atom. The van der Waals surface area contributed by atoms with Gasteiger partial charge in [-0.2, -0.15) is 0 Å². The van der Waals surface area contributed by atoms with Crippen molar-refractivity contribution in [3.05, 3.63) is 48.0 Å². The van der Waals surface area contributed by atoms with Crippen LogP contribution in [-0.2, 0) is 0 Å². The minimum atomic E-state index is 0.518. The van der Waals surface area contributed by atoms with Crippen molar-refractivity contribution in [1.29, 1.82) is 0 Å². The topological polar surface area (TPSA) is 23.3 Å². The molecule has 121 valence electrons. The zero-order valence-corrected chi connectivity index (χ0v) is 14.2. The normalized spacial score (nSPS) is 13.5. The third kappa shape index (κ3) is 3.69. The molecule has 1 aliphatic heterocycles. The third-order valence-corrected chi connectivity index (χ3v) is 4.62. The average Bonchev–Trinajstić information content (AvgIpc) is 2.59. The van der Waals surface area contributed by atoms with Crippen molar-refractivity contribution in [1.82, 2.24) is 5.32 Å². The molecule has 0 bridgehead atoms. The molecule has 2 aromatic rings. The van der Waals surface area contributed by atoms with E-state index in [1.54, 1.807) is 0 Å². The van der Waals surface area contributed by atoms with Crippen molar-refractivity contribution in [3.63, 3.8) is 0 Å². The Morgan fingerprint density at radius 1 is 0.913 bits per heavy atom.